The van der Waals surface area contributed by atoms with E-state index < -0.39 is 17.7 Å². The van der Waals surface area contributed by atoms with Gasteiger partial charge in [0.2, 0.25) is 0 Å². The van der Waals surface area contributed by atoms with Gasteiger partial charge in [-0.05, 0) is 43.2 Å². The second-order valence-electron chi connectivity index (χ2n) is 6.79. The predicted molar refractivity (Wildman–Crippen MR) is 97.6 cm³/mol. The second-order valence-corrected chi connectivity index (χ2v) is 6.79. The van der Waals surface area contributed by atoms with E-state index >= 15 is 0 Å². The van der Waals surface area contributed by atoms with Crippen LogP contribution in [0.25, 0.3) is 0 Å². The first-order chi connectivity index (χ1) is 13.3. The lowest BCUT2D eigenvalue weighted by Gasteiger charge is -2.19. The Kier molecular flexibility index (Phi) is 5.76. The van der Waals surface area contributed by atoms with Gasteiger partial charge in [-0.3, -0.25) is 0 Å². The Morgan fingerprint density at radius 1 is 1.29 bits per heavy atom. The molecule has 2 heterocycles. The van der Waals surface area contributed by atoms with Crippen LogP contribution < -0.4 is 9.64 Å². The molecule has 28 heavy (non-hydrogen) atoms. The second kappa shape index (κ2) is 8.08. The molecule has 1 fully saturated rings. The van der Waals surface area contributed by atoms with Crippen molar-refractivity contribution in [2.75, 3.05) is 31.7 Å². The molecule has 3 rings (SSSR count). The molecule has 1 aromatic heterocycles. The van der Waals surface area contributed by atoms with Gasteiger partial charge in [0.25, 0.3) is 0 Å². The number of anilines is 1. The van der Waals surface area contributed by atoms with Crippen molar-refractivity contribution in [3.05, 3.63) is 53.2 Å². The van der Waals surface area contributed by atoms with Crippen molar-refractivity contribution in [3.8, 4) is 5.75 Å². The van der Waals surface area contributed by atoms with E-state index in [1.54, 1.807) is 6.07 Å². The number of esters is 1. The molecule has 0 spiro atoms. The fraction of sp³-hybridized carbons (Fsp3) is 0.400. The number of pyridine rings is 1. The lowest BCUT2D eigenvalue weighted by atomic mass is 10.1. The highest BCUT2D eigenvalue weighted by Gasteiger charge is 2.34. The van der Waals surface area contributed by atoms with Gasteiger partial charge in [-0.25, -0.2) is 9.78 Å². The van der Waals surface area contributed by atoms with Gasteiger partial charge in [0.05, 0.1) is 19.3 Å². The molecule has 0 N–H and O–H groups in total. The summed E-state index contributed by atoms with van der Waals surface area (Å²) in [5.41, 5.74) is 0.341. The van der Waals surface area contributed by atoms with E-state index in [4.69, 9.17) is 9.47 Å². The summed E-state index contributed by atoms with van der Waals surface area (Å²) in [5, 5.41) is 0. The zero-order valence-electron chi connectivity index (χ0n) is 15.6. The number of carbonyl (C=O) groups excluding carboxylic acids is 1. The van der Waals surface area contributed by atoms with E-state index in [1.165, 1.54) is 25.3 Å². The highest BCUT2D eigenvalue weighted by Crippen LogP contribution is 2.36. The number of alkyl halides is 3. The van der Waals surface area contributed by atoms with E-state index in [1.807, 2.05) is 17.9 Å². The largest absolute Gasteiger partial charge is 0.493 e. The molecule has 1 atom stereocenters. The number of methoxy groups -OCH3 is 1. The molecular formula is C20H21F3N2O3. The maximum atomic E-state index is 13.1. The number of para-hydroxylation sites is 1. The highest BCUT2D eigenvalue weighted by molar-refractivity contribution is 5.87. The minimum atomic E-state index is -4.45. The highest BCUT2D eigenvalue weighted by atomic mass is 19.4. The Morgan fingerprint density at radius 2 is 2.04 bits per heavy atom. The van der Waals surface area contributed by atoms with Gasteiger partial charge in [0, 0.05) is 19.0 Å². The summed E-state index contributed by atoms with van der Waals surface area (Å²) >= 11 is 0. The third kappa shape index (κ3) is 4.55. The quantitative estimate of drug-likeness (QED) is 0.715. The van der Waals surface area contributed by atoms with E-state index in [0.717, 1.165) is 18.1 Å². The number of nitrogens with zero attached hydrogens (tertiary/aromatic N) is 2. The van der Waals surface area contributed by atoms with Crippen molar-refractivity contribution in [2.45, 2.75) is 19.5 Å². The number of rotatable bonds is 5. The molecule has 2 aromatic rings. The maximum Gasteiger partial charge on any atom is 0.419 e. The summed E-state index contributed by atoms with van der Waals surface area (Å²) in [7, 11) is 1.30. The predicted octanol–water partition coefficient (Wildman–Crippen LogP) is 4.10. The summed E-state index contributed by atoms with van der Waals surface area (Å²) in [5.74, 6) is 0.0478. The summed E-state index contributed by atoms with van der Waals surface area (Å²) in [4.78, 5) is 18.1. The summed E-state index contributed by atoms with van der Waals surface area (Å²) < 4.78 is 49.4. The molecule has 0 aliphatic carbocycles. The smallest absolute Gasteiger partial charge is 0.419 e. The van der Waals surface area contributed by atoms with Gasteiger partial charge in [-0.1, -0.05) is 12.1 Å². The SMILES string of the molecule is COC(=O)c1cc(C)cc(N2CCC(COc3ccccc3C(F)(F)F)C2)n1. The van der Waals surface area contributed by atoms with E-state index in [9.17, 15) is 18.0 Å². The number of halogens is 3. The summed E-state index contributed by atoms with van der Waals surface area (Å²) in [6.45, 7) is 3.32. The standard InChI is InChI=1S/C20H21F3N2O3/c1-13-9-16(19(26)27-2)24-18(10-13)25-8-7-14(11-25)12-28-17-6-4-3-5-15(17)20(21,22)23/h3-6,9-10,14H,7-8,11-12H2,1-2H3. The fourth-order valence-electron chi connectivity index (χ4n) is 3.23. The van der Waals surface area contributed by atoms with Crippen LogP contribution in [0.1, 0.15) is 28.0 Å². The van der Waals surface area contributed by atoms with Crippen molar-refractivity contribution >= 4 is 11.8 Å². The van der Waals surface area contributed by atoms with Crippen LogP contribution in [0.3, 0.4) is 0 Å². The van der Waals surface area contributed by atoms with Crippen LogP contribution in [-0.2, 0) is 10.9 Å². The zero-order valence-corrected chi connectivity index (χ0v) is 15.6. The number of aryl methyl sites for hydroxylation is 1. The topological polar surface area (TPSA) is 51.7 Å². The van der Waals surface area contributed by atoms with Crippen molar-refractivity contribution in [3.63, 3.8) is 0 Å². The number of hydrogen-bond acceptors (Lipinski definition) is 5. The molecule has 1 aliphatic heterocycles. The van der Waals surface area contributed by atoms with Gasteiger partial charge in [0.1, 0.15) is 11.6 Å². The van der Waals surface area contributed by atoms with Crippen LogP contribution in [0.4, 0.5) is 19.0 Å². The number of hydrogen-bond donors (Lipinski definition) is 0. The molecule has 0 saturated carbocycles. The maximum absolute atomic E-state index is 13.1. The minimum Gasteiger partial charge on any atom is -0.493 e. The van der Waals surface area contributed by atoms with Crippen LogP contribution in [0.15, 0.2) is 36.4 Å². The molecule has 1 aromatic carbocycles. The number of ether oxygens (including phenoxy) is 2. The molecule has 1 saturated heterocycles. The van der Waals surface area contributed by atoms with Gasteiger partial charge in [0.15, 0.2) is 5.69 Å². The van der Waals surface area contributed by atoms with E-state index in [-0.39, 0.29) is 24.0 Å². The Balaban J connectivity index is 1.66. The van der Waals surface area contributed by atoms with Crippen LogP contribution in [0, 0.1) is 12.8 Å². The van der Waals surface area contributed by atoms with Crippen molar-refractivity contribution in [1.82, 2.24) is 4.98 Å². The van der Waals surface area contributed by atoms with Gasteiger partial charge in [-0.15, -0.1) is 0 Å². The molecular weight excluding hydrogens is 373 g/mol. The minimum absolute atomic E-state index is 0.0604. The molecule has 0 amide bonds. The molecule has 0 radical (unpaired) electrons. The van der Waals surface area contributed by atoms with Crippen molar-refractivity contribution in [1.29, 1.82) is 0 Å². The third-order valence-electron chi connectivity index (χ3n) is 4.63. The molecule has 5 nitrogen and oxygen atoms in total. The summed E-state index contributed by atoms with van der Waals surface area (Å²) in [6, 6.07) is 8.74. The van der Waals surface area contributed by atoms with E-state index in [2.05, 4.69) is 4.98 Å². The van der Waals surface area contributed by atoms with Crippen molar-refractivity contribution in [2.24, 2.45) is 5.92 Å². The Labute approximate surface area is 161 Å². The van der Waals surface area contributed by atoms with Crippen LogP contribution >= 0.6 is 0 Å². The molecule has 0 bridgehead atoms. The van der Waals surface area contributed by atoms with Crippen LogP contribution in [0.2, 0.25) is 0 Å². The first kappa shape index (κ1) is 20.0. The first-order valence-electron chi connectivity index (χ1n) is 8.89. The fourth-order valence-corrected chi connectivity index (χ4v) is 3.23. The lowest BCUT2D eigenvalue weighted by molar-refractivity contribution is -0.139. The van der Waals surface area contributed by atoms with Crippen LogP contribution in [0.5, 0.6) is 5.75 Å². The Morgan fingerprint density at radius 3 is 2.75 bits per heavy atom. The Hall–Kier alpha value is -2.77. The molecule has 1 aliphatic rings. The van der Waals surface area contributed by atoms with Gasteiger partial charge >= 0.3 is 12.1 Å². The number of carbonyl (C=O) groups is 1. The zero-order chi connectivity index (χ0) is 20.3. The molecule has 150 valence electrons. The Bertz CT molecular complexity index is 855. The van der Waals surface area contributed by atoms with Gasteiger partial charge in [-0.2, -0.15) is 13.2 Å². The average Bonchev–Trinajstić information content (AvgIpc) is 3.14. The monoisotopic (exact) mass is 394 g/mol. The molecule has 8 heteroatoms. The summed E-state index contributed by atoms with van der Waals surface area (Å²) in [6.07, 6.45) is -3.69. The number of aromatic nitrogens is 1. The van der Waals surface area contributed by atoms with Crippen LogP contribution in [-0.4, -0.2) is 37.8 Å². The normalized spacial score (nSPS) is 16.9. The molecule has 1 unspecified atom stereocenters. The third-order valence-corrected chi connectivity index (χ3v) is 4.63. The first-order valence-corrected chi connectivity index (χ1v) is 8.89. The van der Waals surface area contributed by atoms with Crippen molar-refractivity contribution < 1.29 is 27.4 Å². The number of benzene rings is 1. The lowest BCUT2D eigenvalue weighted by Crippen LogP contribution is -2.24. The van der Waals surface area contributed by atoms with E-state index in [0.29, 0.717) is 18.9 Å². The van der Waals surface area contributed by atoms with Gasteiger partial charge < -0.3 is 14.4 Å². The average molecular weight is 394 g/mol.